The van der Waals surface area contributed by atoms with Crippen molar-refractivity contribution in [3.8, 4) is 0 Å². The maximum atomic E-state index is 12.9. The van der Waals surface area contributed by atoms with E-state index in [-0.39, 0.29) is 30.3 Å². The molecule has 0 aromatic heterocycles. The molecule has 2 N–H and O–H groups in total. The van der Waals surface area contributed by atoms with Crippen molar-refractivity contribution < 1.29 is 14.3 Å². The van der Waals surface area contributed by atoms with Crippen LogP contribution in [0, 0.1) is 40.4 Å². The van der Waals surface area contributed by atoms with Gasteiger partial charge < -0.3 is 10.5 Å². The third-order valence-corrected chi connectivity index (χ3v) is 9.51. The second-order valence-corrected chi connectivity index (χ2v) is 10.4. The number of rotatable bonds is 4. The molecule has 4 aliphatic carbocycles. The fourth-order valence-corrected chi connectivity index (χ4v) is 8.14. The van der Waals surface area contributed by atoms with E-state index >= 15 is 0 Å². The molecule has 0 aliphatic heterocycles. The van der Waals surface area contributed by atoms with Crippen molar-refractivity contribution in [2.24, 2.45) is 46.2 Å². The fourth-order valence-electron chi connectivity index (χ4n) is 8.14. The van der Waals surface area contributed by atoms with E-state index in [1.165, 1.54) is 57.8 Å². The molecule has 0 amide bonds. The molecule has 4 heteroatoms. The summed E-state index contributed by atoms with van der Waals surface area (Å²) in [5.74, 6) is 2.98. The first-order valence-corrected chi connectivity index (χ1v) is 11.3. The van der Waals surface area contributed by atoms with Gasteiger partial charge in [0.2, 0.25) is 0 Å². The highest BCUT2D eigenvalue weighted by Gasteiger charge is 2.60. The molecule has 4 nitrogen and oxygen atoms in total. The highest BCUT2D eigenvalue weighted by molar-refractivity contribution is 5.85. The molecular formula is C23H37NO3. The molecule has 0 unspecified atom stereocenters. The number of ether oxygens (including phenoxy) is 1. The van der Waals surface area contributed by atoms with Crippen molar-refractivity contribution in [1.82, 2.24) is 0 Å². The molecule has 0 bridgehead atoms. The van der Waals surface area contributed by atoms with Gasteiger partial charge in [-0.25, -0.2) is 0 Å². The van der Waals surface area contributed by atoms with Gasteiger partial charge in [0.05, 0.1) is 6.54 Å². The number of fused-ring (bicyclic) bond motifs is 5. The Labute approximate surface area is 164 Å². The first-order chi connectivity index (χ1) is 12.9. The number of Topliss-reactive ketones (excluding diaryl/α,β-unsaturated/α-hetero) is 1. The van der Waals surface area contributed by atoms with Crippen LogP contribution in [0.15, 0.2) is 0 Å². The van der Waals surface area contributed by atoms with Gasteiger partial charge in [0.25, 0.3) is 0 Å². The van der Waals surface area contributed by atoms with Gasteiger partial charge in [-0.1, -0.05) is 26.7 Å². The van der Waals surface area contributed by atoms with E-state index in [1.807, 2.05) is 0 Å². The lowest BCUT2D eigenvalue weighted by molar-refractivity contribution is -0.151. The van der Waals surface area contributed by atoms with Crippen LogP contribution in [0.25, 0.3) is 0 Å². The maximum Gasteiger partial charge on any atom is 0.320 e. The predicted octanol–water partition coefficient (Wildman–Crippen LogP) is 4.11. The average Bonchev–Trinajstić information content (AvgIpc) is 3.02. The van der Waals surface area contributed by atoms with Crippen LogP contribution in [-0.2, 0) is 14.3 Å². The van der Waals surface area contributed by atoms with Crippen LogP contribution in [0.2, 0.25) is 0 Å². The van der Waals surface area contributed by atoms with Gasteiger partial charge in [-0.2, -0.15) is 0 Å². The highest BCUT2D eigenvalue weighted by Crippen LogP contribution is 2.67. The third-order valence-electron chi connectivity index (χ3n) is 9.51. The topological polar surface area (TPSA) is 69.4 Å². The summed E-state index contributed by atoms with van der Waals surface area (Å²) in [5, 5.41) is 0. The largest absolute Gasteiger partial charge is 0.457 e. The molecule has 152 valence electrons. The minimum absolute atomic E-state index is 0.0610. The summed E-state index contributed by atoms with van der Waals surface area (Å²) < 4.78 is 5.07. The van der Waals surface area contributed by atoms with E-state index in [0.717, 1.165) is 24.2 Å². The molecule has 7 atom stereocenters. The van der Waals surface area contributed by atoms with Crippen molar-refractivity contribution in [1.29, 1.82) is 0 Å². The molecule has 27 heavy (non-hydrogen) atoms. The average molecular weight is 376 g/mol. The first-order valence-electron chi connectivity index (χ1n) is 11.3. The Bertz CT molecular complexity index is 604. The number of hydrogen-bond donors (Lipinski definition) is 1. The second-order valence-electron chi connectivity index (χ2n) is 10.4. The van der Waals surface area contributed by atoms with E-state index in [4.69, 9.17) is 10.5 Å². The highest BCUT2D eigenvalue weighted by atomic mass is 16.5. The Morgan fingerprint density at radius 1 is 0.926 bits per heavy atom. The lowest BCUT2D eigenvalue weighted by Gasteiger charge is -2.60. The lowest BCUT2D eigenvalue weighted by Crippen LogP contribution is -2.53. The standard InChI is InChI=1S/C23H37NO3/c1-22-11-4-3-5-15(22)6-7-16-17-8-9-19(20(25)14-27-21(26)13-24)23(17,2)12-10-18(16)22/h15-19H,3-14,24H2,1-2H3/t15-,16+,17+,18+,19-,22+,23+/m1/s1. The van der Waals surface area contributed by atoms with Crippen molar-refractivity contribution >= 4 is 11.8 Å². The molecular weight excluding hydrogens is 338 g/mol. The molecule has 0 radical (unpaired) electrons. The van der Waals surface area contributed by atoms with Gasteiger partial charge >= 0.3 is 5.97 Å². The van der Waals surface area contributed by atoms with Gasteiger partial charge in [0.1, 0.15) is 6.61 Å². The monoisotopic (exact) mass is 375 g/mol. The summed E-state index contributed by atoms with van der Waals surface area (Å²) in [6.45, 7) is 4.72. The molecule has 4 aliphatic rings. The molecule has 0 saturated heterocycles. The smallest absolute Gasteiger partial charge is 0.320 e. The van der Waals surface area contributed by atoms with E-state index in [9.17, 15) is 9.59 Å². The van der Waals surface area contributed by atoms with Crippen molar-refractivity contribution in [2.75, 3.05) is 13.2 Å². The number of carbonyl (C=O) groups excluding carboxylic acids is 2. The van der Waals surface area contributed by atoms with Gasteiger partial charge in [-0.05, 0) is 85.9 Å². The zero-order valence-electron chi connectivity index (χ0n) is 17.2. The van der Waals surface area contributed by atoms with Crippen molar-refractivity contribution in [3.63, 3.8) is 0 Å². The van der Waals surface area contributed by atoms with E-state index < -0.39 is 5.97 Å². The van der Waals surface area contributed by atoms with Crippen LogP contribution in [0.4, 0.5) is 0 Å². The molecule has 4 saturated carbocycles. The molecule has 0 heterocycles. The minimum atomic E-state index is -0.477. The van der Waals surface area contributed by atoms with Crippen molar-refractivity contribution in [2.45, 2.75) is 78.1 Å². The first kappa shape index (κ1) is 19.4. The summed E-state index contributed by atoms with van der Waals surface area (Å²) >= 11 is 0. The molecule has 4 rings (SSSR count). The summed E-state index contributed by atoms with van der Waals surface area (Å²) in [6.07, 6.45) is 13.1. The fraction of sp³-hybridized carbons (Fsp3) is 0.913. The number of esters is 1. The Morgan fingerprint density at radius 3 is 2.48 bits per heavy atom. The zero-order chi connectivity index (χ0) is 19.2. The molecule has 4 fully saturated rings. The van der Waals surface area contributed by atoms with E-state index in [2.05, 4.69) is 13.8 Å². The zero-order valence-corrected chi connectivity index (χ0v) is 17.2. The number of nitrogens with two attached hydrogens (primary N) is 1. The number of carbonyl (C=O) groups is 2. The van der Waals surface area contributed by atoms with Gasteiger partial charge in [-0.3, -0.25) is 9.59 Å². The number of ketones is 1. The molecule has 0 aromatic carbocycles. The minimum Gasteiger partial charge on any atom is -0.457 e. The Balaban J connectivity index is 1.49. The summed E-state index contributed by atoms with van der Waals surface area (Å²) in [5.41, 5.74) is 5.94. The SMILES string of the molecule is C[C@]12CCCC[C@@H]1CC[C@@H]1[C@@H]2CC[C@]2(C)[C@@H](C(=O)COC(=O)CN)CC[C@@H]12. The lowest BCUT2D eigenvalue weighted by atomic mass is 9.45. The Kier molecular flexibility index (Phi) is 5.15. The predicted molar refractivity (Wildman–Crippen MR) is 105 cm³/mol. The van der Waals surface area contributed by atoms with Crippen LogP contribution < -0.4 is 5.73 Å². The summed E-state index contributed by atoms with van der Waals surface area (Å²) in [7, 11) is 0. The maximum absolute atomic E-state index is 12.9. The van der Waals surface area contributed by atoms with E-state index in [0.29, 0.717) is 11.3 Å². The van der Waals surface area contributed by atoms with Gasteiger partial charge in [0, 0.05) is 5.92 Å². The van der Waals surface area contributed by atoms with Crippen LogP contribution in [0.1, 0.15) is 78.1 Å². The van der Waals surface area contributed by atoms with Crippen LogP contribution >= 0.6 is 0 Å². The summed E-state index contributed by atoms with van der Waals surface area (Å²) in [4.78, 5) is 24.2. The van der Waals surface area contributed by atoms with Crippen LogP contribution in [0.3, 0.4) is 0 Å². The van der Waals surface area contributed by atoms with Gasteiger partial charge in [-0.15, -0.1) is 0 Å². The van der Waals surface area contributed by atoms with Crippen LogP contribution in [-0.4, -0.2) is 24.9 Å². The Hall–Kier alpha value is -0.900. The van der Waals surface area contributed by atoms with Crippen LogP contribution in [0.5, 0.6) is 0 Å². The third kappa shape index (κ3) is 3.07. The molecule has 0 spiro atoms. The number of hydrogen-bond acceptors (Lipinski definition) is 4. The normalized spacial score (nSPS) is 46.1. The second kappa shape index (κ2) is 7.17. The van der Waals surface area contributed by atoms with Crippen molar-refractivity contribution in [3.05, 3.63) is 0 Å². The summed E-state index contributed by atoms with van der Waals surface area (Å²) in [6, 6.07) is 0. The quantitative estimate of drug-likeness (QED) is 0.751. The van der Waals surface area contributed by atoms with E-state index in [1.54, 1.807) is 0 Å². The van der Waals surface area contributed by atoms with Gasteiger partial charge in [0.15, 0.2) is 5.78 Å². The molecule has 0 aromatic rings. The Morgan fingerprint density at radius 2 is 1.70 bits per heavy atom.